The minimum atomic E-state index is -0.338. The van der Waals surface area contributed by atoms with E-state index < -0.39 is 0 Å². The summed E-state index contributed by atoms with van der Waals surface area (Å²) in [5.41, 5.74) is 6.33. The summed E-state index contributed by atoms with van der Waals surface area (Å²) in [5.74, 6) is -0.152. The molecule has 0 unspecified atom stereocenters. The highest BCUT2D eigenvalue weighted by Crippen LogP contribution is 2.23. The molecule has 1 amide bonds. The Labute approximate surface area is 133 Å². The van der Waals surface area contributed by atoms with Gasteiger partial charge in [-0.1, -0.05) is 25.4 Å². The molecular weight excluding hydrogens is 351 g/mol. The zero-order valence-corrected chi connectivity index (χ0v) is 14.2. The number of rotatable bonds is 5. The summed E-state index contributed by atoms with van der Waals surface area (Å²) in [4.78, 5) is 11.9. The van der Waals surface area contributed by atoms with Crippen LogP contribution in [0.4, 0.5) is 0 Å². The second-order valence-corrected chi connectivity index (χ2v) is 5.64. The molecule has 1 aromatic rings. The largest absolute Gasteiger partial charge is 0.350 e. The standard InChI is InChI=1S/C13H18BrClN2O.ClH/c1-3-13(16,4-2)8-17-12(18)9-5-6-10(14)11(15)7-9;/h5-7H,3-4,8,16H2,1-2H3,(H,17,18);1H. The average Bonchev–Trinajstić information content (AvgIpc) is 2.38. The van der Waals surface area contributed by atoms with Crippen LogP contribution in [-0.2, 0) is 0 Å². The summed E-state index contributed by atoms with van der Waals surface area (Å²) in [6.07, 6.45) is 1.65. The first-order valence-electron chi connectivity index (χ1n) is 5.94. The predicted molar refractivity (Wildman–Crippen MR) is 86.2 cm³/mol. The van der Waals surface area contributed by atoms with E-state index in [4.69, 9.17) is 17.3 Å². The molecule has 0 aliphatic heterocycles. The van der Waals surface area contributed by atoms with Crippen LogP contribution in [0.3, 0.4) is 0 Å². The Morgan fingerprint density at radius 3 is 2.47 bits per heavy atom. The van der Waals surface area contributed by atoms with Gasteiger partial charge in [-0.05, 0) is 47.0 Å². The maximum Gasteiger partial charge on any atom is 0.251 e. The van der Waals surface area contributed by atoms with Crippen LogP contribution in [0.5, 0.6) is 0 Å². The number of carbonyl (C=O) groups is 1. The first-order valence-corrected chi connectivity index (χ1v) is 7.11. The number of benzene rings is 1. The van der Waals surface area contributed by atoms with E-state index in [0.717, 1.165) is 17.3 Å². The van der Waals surface area contributed by atoms with Crippen LogP contribution < -0.4 is 11.1 Å². The topological polar surface area (TPSA) is 55.1 Å². The number of amides is 1. The van der Waals surface area contributed by atoms with Crippen LogP contribution in [0.2, 0.25) is 5.02 Å². The van der Waals surface area contributed by atoms with Crippen LogP contribution in [0.25, 0.3) is 0 Å². The molecule has 19 heavy (non-hydrogen) atoms. The summed E-state index contributed by atoms with van der Waals surface area (Å²) >= 11 is 9.24. The van der Waals surface area contributed by atoms with Gasteiger partial charge in [0, 0.05) is 22.1 Å². The van der Waals surface area contributed by atoms with Crippen LogP contribution in [0, 0.1) is 0 Å². The molecule has 6 heteroatoms. The molecule has 0 spiro atoms. The summed E-state index contributed by atoms with van der Waals surface area (Å²) < 4.78 is 0.774. The second kappa shape index (κ2) is 8.10. The van der Waals surface area contributed by atoms with Crippen molar-refractivity contribution >= 4 is 45.8 Å². The maximum atomic E-state index is 11.9. The van der Waals surface area contributed by atoms with E-state index in [2.05, 4.69) is 21.2 Å². The molecule has 1 rings (SSSR count). The Balaban J connectivity index is 0.00000324. The zero-order chi connectivity index (χ0) is 13.8. The van der Waals surface area contributed by atoms with Crippen LogP contribution in [0.15, 0.2) is 22.7 Å². The third kappa shape index (κ3) is 5.30. The SMILES string of the molecule is CCC(N)(CC)CNC(=O)c1ccc(Br)c(Cl)c1.Cl. The third-order valence-electron chi connectivity index (χ3n) is 3.19. The van der Waals surface area contributed by atoms with Crippen LogP contribution >= 0.6 is 39.9 Å². The Hall–Kier alpha value is -0.290. The molecule has 1 aromatic carbocycles. The minimum Gasteiger partial charge on any atom is -0.350 e. The molecule has 0 aliphatic carbocycles. The third-order valence-corrected chi connectivity index (χ3v) is 4.42. The van der Waals surface area contributed by atoms with Gasteiger partial charge in [0.05, 0.1) is 5.02 Å². The highest BCUT2D eigenvalue weighted by Gasteiger charge is 2.21. The lowest BCUT2D eigenvalue weighted by molar-refractivity contribution is 0.0942. The van der Waals surface area contributed by atoms with Gasteiger partial charge >= 0.3 is 0 Å². The number of nitrogens with one attached hydrogen (secondary N) is 1. The highest BCUT2D eigenvalue weighted by atomic mass is 79.9. The minimum absolute atomic E-state index is 0. The van der Waals surface area contributed by atoms with Gasteiger partial charge in [0.15, 0.2) is 0 Å². The summed E-state index contributed by atoms with van der Waals surface area (Å²) in [7, 11) is 0. The van der Waals surface area contributed by atoms with Crippen molar-refractivity contribution in [3.63, 3.8) is 0 Å². The van der Waals surface area contributed by atoms with Crippen molar-refractivity contribution in [2.75, 3.05) is 6.54 Å². The van der Waals surface area contributed by atoms with Crippen molar-refractivity contribution in [2.45, 2.75) is 32.2 Å². The average molecular weight is 370 g/mol. The second-order valence-electron chi connectivity index (χ2n) is 4.38. The van der Waals surface area contributed by atoms with Crippen molar-refractivity contribution in [3.8, 4) is 0 Å². The molecule has 0 radical (unpaired) electrons. The number of halogens is 3. The fourth-order valence-electron chi connectivity index (χ4n) is 1.50. The maximum absolute atomic E-state index is 11.9. The van der Waals surface area contributed by atoms with E-state index >= 15 is 0 Å². The van der Waals surface area contributed by atoms with Gasteiger partial charge in [-0.15, -0.1) is 12.4 Å². The summed E-state index contributed by atoms with van der Waals surface area (Å²) in [5, 5.41) is 3.37. The fourth-order valence-corrected chi connectivity index (χ4v) is 1.92. The Kier molecular flexibility index (Phi) is 7.98. The molecule has 3 N–H and O–H groups in total. The summed E-state index contributed by atoms with van der Waals surface area (Å²) in [6, 6.07) is 5.12. The van der Waals surface area contributed by atoms with Gasteiger partial charge < -0.3 is 11.1 Å². The molecule has 108 valence electrons. The lowest BCUT2D eigenvalue weighted by Gasteiger charge is -2.26. The number of nitrogens with two attached hydrogens (primary N) is 1. The molecule has 0 bridgehead atoms. The summed E-state index contributed by atoms with van der Waals surface area (Å²) in [6.45, 7) is 4.50. The quantitative estimate of drug-likeness (QED) is 0.829. The van der Waals surface area contributed by atoms with Crippen molar-refractivity contribution in [2.24, 2.45) is 5.73 Å². The van der Waals surface area contributed by atoms with Gasteiger partial charge in [-0.2, -0.15) is 0 Å². The molecule has 3 nitrogen and oxygen atoms in total. The number of hydrogen-bond donors (Lipinski definition) is 2. The van der Waals surface area contributed by atoms with E-state index in [1.165, 1.54) is 0 Å². The lowest BCUT2D eigenvalue weighted by Crippen LogP contribution is -2.49. The van der Waals surface area contributed by atoms with Gasteiger partial charge in [0.2, 0.25) is 0 Å². The Bertz CT molecular complexity index is 437. The van der Waals surface area contributed by atoms with E-state index in [0.29, 0.717) is 17.1 Å². The van der Waals surface area contributed by atoms with Crippen molar-refractivity contribution in [1.29, 1.82) is 0 Å². The Morgan fingerprint density at radius 1 is 1.42 bits per heavy atom. The molecule has 0 heterocycles. The van der Waals surface area contributed by atoms with Gasteiger partial charge in [-0.25, -0.2) is 0 Å². The van der Waals surface area contributed by atoms with Crippen molar-refractivity contribution in [1.82, 2.24) is 5.32 Å². The smallest absolute Gasteiger partial charge is 0.251 e. The molecule has 0 fully saturated rings. The van der Waals surface area contributed by atoms with Crippen LogP contribution in [-0.4, -0.2) is 18.0 Å². The van der Waals surface area contributed by atoms with E-state index in [9.17, 15) is 4.79 Å². The monoisotopic (exact) mass is 368 g/mol. The first-order chi connectivity index (χ1) is 8.41. The highest BCUT2D eigenvalue weighted by molar-refractivity contribution is 9.10. The van der Waals surface area contributed by atoms with E-state index in [-0.39, 0.29) is 23.9 Å². The molecule has 0 saturated heterocycles. The fraction of sp³-hybridized carbons (Fsp3) is 0.462. The Morgan fingerprint density at radius 2 is 2.00 bits per heavy atom. The number of hydrogen-bond acceptors (Lipinski definition) is 2. The van der Waals surface area contributed by atoms with Crippen molar-refractivity contribution < 1.29 is 4.79 Å². The lowest BCUT2D eigenvalue weighted by atomic mass is 9.94. The molecule has 0 aliphatic rings. The van der Waals surface area contributed by atoms with Crippen LogP contribution in [0.1, 0.15) is 37.0 Å². The normalized spacial score (nSPS) is 10.8. The molecule has 0 atom stereocenters. The van der Waals surface area contributed by atoms with Gasteiger partial charge in [0.1, 0.15) is 0 Å². The predicted octanol–water partition coefficient (Wildman–Crippen LogP) is 3.77. The van der Waals surface area contributed by atoms with Gasteiger partial charge in [-0.3, -0.25) is 4.79 Å². The zero-order valence-electron chi connectivity index (χ0n) is 11.0. The van der Waals surface area contributed by atoms with E-state index in [1.807, 2.05) is 13.8 Å². The van der Waals surface area contributed by atoms with Gasteiger partial charge in [0.25, 0.3) is 5.91 Å². The molecular formula is C13H19BrCl2N2O. The first kappa shape index (κ1) is 18.7. The molecule has 0 saturated carbocycles. The van der Waals surface area contributed by atoms with E-state index in [1.54, 1.807) is 18.2 Å². The molecule has 0 aromatic heterocycles. The van der Waals surface area contributed by atoms with Crippen molar-refractivity contribution in [3.05, 3.63) is 33.3 Å². The number of carbonyl (C=O) groups excluding carboxylic acids is 1.